The third-order valence-electron chi connectivity index (χ3n) is 1.13. The van der Waals surface area contributed by atoms with Gasteiger partial charge < -0.3 is 10.2 Å². The van der Waals surface area contributed by atoms with Gasteiger partial charge in [0.15, 0.2) is 0 Å². The van der Waals surface area contributed by atoms with Gasteiger partial charge in [0, 0.05) is 0 Å². The summed E-state index contributed by atoms with van der Waals surface area (Å²) in [5.74, 6) is -1.31. The Labute approximate surface area is 129 Å². The average Bonchev–Trinajstić information content (AvgIpc) is 1.88. The normalized spacial score (nSPS) is 7.67. The number of aromatic hydroxyl groups is 1. The molecule has 0 aliphatic heterocycles. The van der Waals surface area contributed by atoms with Crippen LogP contribution < -0.4 is 0 Å². The maximum absolute atomic E-state index is 10.3. The van der Waals surface area contributed by atoms with Crippen LogP contribution in [0.2, 0.25) is 0 Å². The first-order chi connectivity index (χ1) is 4.72. The van der Waals surface area contributed by atoms with E-state index in [1.165, 1.54) is 12.1 Å². The van der Waals surface area contributed by atoms with Crippen LogP contribution in [0.4, 0.5) is 0 Å². The van der Waals surface area contributed by atoms with Gasteiger partial charge >= 0.3 is 80.4 Å². The van der Waals surface area contributed by atoms with Crippen molar-refractivity contribution in [2.45, 2.75) is 0 Å². The van der Waals surface area contributed by atoms with E-state index >= 15 is 0 Å². The molecular formula is C7H9KMgO3. The number of para-hydroxylation sites is 1. The number of carbonyl (C=O) groups is 1. The molecule has 1 aromatic rings. The maximum Gasteiger partial charge on any atom is 0.316 e. The summed E-state index contributed by atoms with van der Waals surface area (Å²) in [6.45, 7) is 0. The number of rotatable bonds is 1. The van der Waals surface area contributed by atoms with E-state index < -0.39 is 5.97 Å². The molecule has 0 radical (unpaired) electrons. The Morgan fingerprint density at radius 1 is 1.25 bits per heavy atom. The van der Waals surface area contributed by atoms with E-state index in [0.29, 0.717) is 0 Å². The van der Waals surface area contributed by atoms with E-state index in [4.69, 9.17) is 10.2 Å². The number of hydrogen-bond donors (Lipinski definition) is 2. The van der Waals surface area contributed by atoms with Crippen molar-refractivity contribution in [3.63, 3.8) is 0 Å². The van der Waals surface area contributed by atoms with Crippen molar-refractivity contribution in [3.8, 4) is 5.75 Å². The zero-order valence-electron chi connectivity index (χ0n) is 5.11. The quantitative estimate of drug-likeness (QED) is 0.608. The second-order valence-electron chi connectivity index (χ2n) is 1.82. The van der Waals surface area contributed by atoms with Gasteiger partial charge in [-0.3, -0.25) is 0 Å². The van der Waals surface area contributed by atoms with E-state index in [1.54, 1.807) is 12.1 Å². The van der Waals surface area contributed by atoms with E-state index in [-0.39, 0.29) is 85.8 Å². The van der Waals surface area contributed by atoms with Crippen LogP contribution >= 0.6 is 0 Å². The molecule has 3 nitrogen and oxygen atoms in total. The minimum atomic E-state index is -1.11. The van der Waals surface area contributed by atoms with Gasteiger partial charge in [0.25, 0.3) is 0 Å². The number of phenols is 1. The van der Waals surface area contributed by atoms with Gasteiger partial charge in [-0.1, -0.05) is 12.1 Å². The van der Waals surface area contributed by atoms with Gasteiger partial charge in [0.05, 0.1) is 0 Å². The number of carboxylic acids is 1. The molecule has 0 bridgehead atoms. The number of benzene rings is 1. The summed E-state index contributed by atoms with van der Waals surface area (Å²) >= 11 is 0. The summed E-state index contributed by atoms with van der Waals surface area (Å²) in [7, 11) is 0. The summed E-state index contributed by atoms with van der Waals surface area (Å²) in [5, 5.41) is 17.3. The summed E-state index contributed by atoms with van der Waals surface area (Å²) in [5.41, 5.74) is -0.0671. The standard InChI is InChI=1S/C7H6O3.K.Mg.3H/c8-6-4-2-1-3-5(6)7(9)10;;;;;/h1-4,8H,(H,9,10);;;;;. The third kappa shape index (κ3) is 4.22. The Morgan fingerprint density at radius 3 is 2.08 bits per heavy atom. The minimum Gasteiger partial charge on any atom is 0.316 e. The van der Waals surface area contributed by atoms with Crippen LogP contribution in [0.25, 0.3) is 0 Å². The third-order valence-corrected chi connectivity index (χ3v) is 1.13. The fraction of sp³-hybridized carbons (Fsp3) is 0. The van der Waals surface area contributed by atoms with Crippen molar-refractivity contribution >= 4 is 80.4 Å². The van der Waals surface area contributed by atoms with Crippen LogP contribution in [0, 0.1) is 0 Å². The number of aromatic carboxylic acids is 1. The summed E-state index contributed by atoms with van der Waals surface area (Å²) in [6, 6.07) is 5.81. The predicted molar refractivity (Wildman–Crippen MR) is 50.8 cm³/mol. The zero-order chi connectivity index (χ0) is 7.56. The molecule has 0 atom stereocenters. The molecule has 0 aromatic heterocycles. The second-order valence-corrected chi connectivity index (χ2v) is 1.82. The Hall–Kier alpha value is 0.893. The van der Waals surface area contributed by atoms with Crippen molar-refractivity contribution in [1.82, 2.24) is 0 Å². The first-order valence-electron chi connectivity index (χ1n) is 2.73. The van der Waals surface area contributed by atoms with E-state index in [2.05, 4.69) is 0 Å². The summed E-state index contributed by atoms with van der Waals surface area (Å²) in [4.78, 5) is 10.3. The molecule has 0 saturated heterocycles. The fourth-order valence-corrected chi connectivity index (χ4v) is 0.654. The van der Waals surface area contributed by atoms with Gasteiger partial charge in [-0.2, -0.15) is 0 Å². The van der Waals surface area contributed by atoms with Crippen LogP contribution in [0.1, 0.15) is 10.4 Å². The van der Waals surface area contributed by atoms with Gasteiger partial charge in [-0.05, 0) is 12.1 Å². The van der Waals surface area contributed by atoms with Gasteiger partial charge in [0.2, 0.25) is 0 Å². The van der Waals surface area contributed by atoms with Crippen LogP contribution in [-0.4, -0.2) is 90.6 Å². The molecule has 0 saturated carbocycles. The first kappa shape index (κ1) is 15.4. The molecule has 1 rings (SSSR count). The largest absolute Gasteiger partial charge is 0.316 e. The number of carboxylic acid groups (broad SMARTS) is 1. The Bertz CT molecular complexity index is 265. The molecular weight excluding hydrogens is 195 g/mol. The summed E-state index contributed by atoms with van der Waals surface area (Å²) < 4.78 is 0. The smallest absolute Gasteiger partial charge is 0.316 e. The minimum absolute atomic E-state index is 0. The molecule has 0 heterocycles. The van der Waals surface area contributed by atoms with E-state index in [9.17, 15) is 4.79 Å². The van der Waals surface area contributed by atoms with Crippen LogP contribution in [0.3, 0.4) is 0 Å². The van der Waals surface area contributed by atoms with Gasteiger partial charge in [-0.25, -0.2) is 4.79 Å². The van der Waals surface area contributed by atoms with Crippen molar-refractivity contribution < 1.29 is 15.0 Å². The zero-order valence-corrected chi connectivity index (χ0v) is 5.11. The molecule has 0 spiro atoms. The van der Waals surface area contributed by atoms with Crippen molar-refractivity contribution in [3.05, 3.63) is 29.8 Å². The van der Waals surface area contributed by atoms with Crippen molar-refractivity contribution in [1.29, 1.82) is 0 Å². The van der Waals surface area contributed by atoms with E-state index in [0.717, 1.165) is 0 Å². The molecule has 0 aliphatic rings. The molecule has 2 N–H and O–H groups in total. The van der Waals surface area contributed by atoms with Crippen molar-refractivity contribution in [2.24, 2.45) is 0 Å². The molecule has 0 fully saturated rings. The molecule has 58 valence electrons. The summed E-state index contributed by atoms with van der Waals surface area (Å²) in [6.07, 6.45) is 0. The predicted octanol–water partition coefficient (Wildman–Crippen LogP) is -0.474. The van der Waals surface area contributed by atoms with Crippen LogP contribution in [0.15, 0.2) is 24.3 Å². The van der Waals surface area contributed by atoms with Crippen LogP contribution in [0.5, 0.6) is 5.75 Å². The number of hydrogen-bond acceptors (Lipinski definition) is 2. The molecule has 1 aromatic carbocycles. The molecule has 0 amide bonds. The molecule has 0 unspecified atom stereocenters. The molecule has 12 heavy (non-hydrogen) atoms. The maximum atomic E-state index is 10.3. The first-order valence-corrected chi connectivity index (χ1v) is 2.73. The monoisotopic (exact) mass is 204 g/mol. The average molecular weight is 205 g/mol. The molecule has 5 heteroatoms. The second kappa shape index (κ2) is 7.31. The Balaban J connectivity index is 0. The topological polar surface area (TPSA) is 57.5 Å². The van der Waals surface area contributed by atoms with Gasteiger partial charge in [0.1, 0.15) is 11.3 Å². The van der Waals surface area contributed by atoms with Gasteiger partial charge in [-0.15, -0.1) is 0 Å². The fourth-order valence-electron chi connectivity index (χ4n) is 0.654. The molecule has 0 aliphatic carbocycles. The Kier molecular flexibility index (Phi) is 9.36. The van der Waals surface area contributed by atoms with Crippen molar-refractivity contribution in [2.75, 3.05) is 0 Å². The van der Waals surface area contributed by atoms with Crippen LogP contribution in [-0.2, 0) is 0 Å². The SMILES string of the molecule is O=C(O)c1ccccc1O.[KH].[MgH2]. The Morgan fingerprint density at radius 2 is 1.75 bits per heavy atom. The van der Waals surface area contributed by atoms with E-state index in [1.807, 2.05) is 0 Å².